The molecule has 0 aliphatic carbocycles. The predicted molar refractivity (Wildman–Crippen MR) is 60.5 cm³/mol. The van der Waals surface area contributed by atoms with Gasteiger partial charge in [-0.2, -0.15) is 0 Å². The summed E-state index contributed by atoms with van der Waals surface area (Å²) >= 11 is 0. The molecule has 17 heavy (non-hydrogen) atoms. The van der Waals surface area contributed by atoms with Crippen molar-refractivity contribution in [3.05, 3.63) is 29.8 Å². The Bertz CT molecular complexity index is 476. The van der Waals surface area contributed by atoms with Crippen molar-refractivity contribution >= 4 is 12.3 Å². The molecule has 0 aliphatic heterocycles. The number of rotatable bonds is 4. The van der Waals surface area contributed by atoms with Crippen molar-refractivity contribution in [3.8, 4) is 17.2 Å². The van der Waals surface area contributed by atoms with E-state index >= 15 is 0 Å². The molecule has 0 amide bonds. The van der Waals surface area contributed by atoms with Crippen LogP contribution in [0.1, 0.15) is 17.3 Å². The van der Waals surface area contributed by atoms with E-state index < -0.39 is 5.97 Å². The second kappa shape index (κ2) is 5.16. The normalized spacial score (nSPS) is 9.53. The van der Waals surface area contributed by atoms with Crippen LogP contribution >= 0.6 is 0 Å². The van der Waals surface area contributed by atoms with Crippen LogP contribution in [-0.2, 0) is 4.79 Å². The number of esters is 1. The second-order valence-corrected chi connectivity index (χ2v) is 3.32. The summed E-state index contributed by atoms with van der Waals surface area (Å²) in [5.41, 5.74) is 0.279. The fourth-order valence-electron chi connectivity index (χ4n) is 1.14. The van der Waals surface area contributed by atoms with Crippen LogP contribution in [0, 0.1) is 0 Å². The van der Waals surface area contributed by atoms with Crippen molar-refractivity contribution < 1.29 is 24.2 Å². The first-order valence-electron chi connectivity index (χ1n) is 4.74. The van der Waals surface area contributed by atoms with Crippen molar-refractivity contribution in [2.75, 3.05) is 7.11 Å². The number of benzene rings is 1. The van der Waals surface area contributed by atoms with Gasteiger partial charge in [-0.3, -0.25) is 4.79 Å². The summed E-state index contributed by atoms with van der Waals surface area (Å²) in [4.78, 5) is 22.2. The fraction of sp³-hybridized carbons (Fsp3) is 0.167. The van der Waals surface area contributed by atoms with Crippen molar-refractivity contribution in [1.82, 2.24) is 0 Å². The monoisotopic (exact) mass is 236 g/mol. The summed E-state index contributed by atoms with van der Waals surface area (Å²) in [6.45, 7) is 4.89. The maximum Gasteiger partial charge on any atom is 0.338 e. The lowest BCUT2D eigenvalue weighted by atomic mass is 10.2. The molecule has 0 spiro atoms. The van der Waals surface area contributed by atoms with Gasteiger partial charge in [-0.1, -0.05) is 6.58 Å². The Hall–Kier alpha value is -2.30. The molecule has 5 heteroatoms. The van der Waals surface area contributed by atoms with Gasteiger partial charge in [0, 0.05) is 5.57 Å². The number of methoxy groups -OCH3 is 1. The minimum atomic E-state index is -0.697. The number of phenols is 1. The highest BCUT2D eigenvalue weighted by atomic mass is 16.6. The highest BCUT2D eigenvalue weighted by Crippen LogP contribution is 2.38. The summed E-state index contributed by atoms with van der Waals surface area (Å²) in [5, 5.41) is 9.51. The van der Waals surface area contributed by atoms with Gasteiger partial charge >= 0.3 is 5.97 Å². The lowest BCUT2D eigenvalue weighted by Crippen LogP contribution is -2.10. The van der Waals surface area contributed by atoms with Gasteiger partial charge in [0.05, 0.1) is 12.7 Å². The SMILES string of the molecule is C=C(C)C(=O)Oc1c(C=O)ccc(O)c1OC. The van der Waals surface area contributed by atoms with Crippen LogP contribution in [0.2, 0.25) is 0 Å². The number of ether oxygens (including phenoxy) is 2. The van der Waals surface area contributed by atoms with Crippen LogP contribution in [0.3, 0.4) is 0 Å². The van der Waals surface area contributed by atoms with E-state index in [2.05, 4.69) is 6.58 Å². The number of carbonyl (C=O) groups is 2. The third-order valence-corrected chi connectivity index (χ3v) is 2.00. The molecule has 1 aromatic carbocycles. The minimum Gasteiger partial charge on any atom is -0.504 e. The van der Waals surface area contributed by atoms with E-state index in [9.17, 15) is 14.7 Å². The van der Waals surface area contributed by atoms with Crippen molar-refractivity contribution in [2.24, 2.45) is 0 Å². The molecule has 90 valence electrons. The molecule has 0 fully saturated rings. The van der Waals surface area contributed by atoms with Crippen LogP contribution in [-0.4, -0.2) is 24.5 Å². The molecule has 1 N–H and O–H groups in total. The van der Waals surface area contributed by atoms with E-state index in [1.807, 2.05) is 0 Å². The Balaban J connectivity index is 3.27. The minimum absolute atomic E-state index is 0.0656. The van der Waals surface area contributed by atoms with Gasteiger partial charge in [0.1, 0.15) is 0 Å². The van der Waals surface area contributed by atoms with Crippen LogP contribution in [0.25, 0.3) is 0 Å². The van der Waals surface area contributed by atoms with E-state index in [1.54, 1.807) is 0 Å². The Morgan fingerprint density at radius 3 is 2.53 bits per heavy atom. The lowest BCUT2D eigenvalue weighted by Gasteiger charge is -2.12. The molecule has 0 unspecified atom stereocenters. The van der Waals surface area contributed by atoms with Crippen LogP contribution in [0.15, 0.2) is 24.3 Å². The summed E-state index contributed by atoms with van der Waals surface area (Å²) < 4.78 is 9.83. The molecule has 0 aliphatic rings. The average molecular weight is 236 g/mol. The van der Waals surface area contributed by atoms with Gasteiger partial charge < -0.3 is 14.6 Å². The van der Waals surface area contributed by atoms with E-state index in [4.69, 9.17) is 9.47 Å². The number of carbonyl (C=O) groups excluding carboxylic acids is 2. The van der Waals surface area contributed by atoms with E-state index in [0.717, 1.165) is 0 Å². The van der Waals surface area contributed by atoms with Gasteiger partial charge in [0.15, 0.2) is 17.8 Å². The molecule has 0 heterocycles. The molecule has 0 saturated heterocycles. The number of phenolic OH excluding ortho intramolecular Hbond substituents is 1. The largest absolute Gasteiger partial charge is 0.504 e. The van der Waals surface area contributed by atoms with Crippen molar-refractivity contribution in [2.45, 2.75) is 6.92 Å². The van der Waals surface area contributed by atoms with E-state index in [-0.39, 0.29) is 28.4 Å². The predicted octanol–water partition coefficient (Wildman–Crippen LogP) is 1.69. The zero-order valence-corrected chi connectivity index (χ0v) is 9.52. The average Bonchev–Trinajstić information content (AvgIpc) is 2.29. The van der Waals surface area contributed by atoms with Crippen molar-refractivity contribution in [1.29, 1.82) is 0 Å². The smallest absolute Gasteiger partial charge is 0.338 e. The standard InChI is InChI=1S/C12H12O5/c1-7(2)12(15)17-10-8(6-13)4-5-9(14)11(10)16-3/h4-6,14H,1H2,2-3H3. The maximum absolute atomic E-state index is 11.4. The Morgan fingerprint density at radius 2 is 2.06 bits per heavy atom. The molecule has 5 nitrogen and oxygen atoms in total. The Labute approximate surface area is 98.3 Å². The molecule has 1 aromatic rings. The molecule has 1 rings (SSSR count). The first-order valence-corrected chi connectivity index (χ1v) is 4.74. The zero-order valence-electron chi connectivity index (χ0n) is 9.52. The molecule has 0 atom stereocenters. The van der Waals surface area contributed by atoms with Gasteiger partial charge in [0.25, 0.3) is 0 Å². The van der Waals surface area contributed by atoms with Crippen molar-refractivity contribution in [3.63, 3.8) is 0 Å². The number of hydrogen-bond donors (Lipinski definition) is 1. The van der Waals surface area contributed by atoms with E-state index in [1.165, 1.54) is 26.2 Å². The topological polar surface area (TPSA) is 72.8 Å². The van der Waals surface area contributed by atoms with E-state index in [0.29, 0.717) is 6.29 Å². The molecule has 0 radical (unpaired) electrons. The Kier molecular flexibility index (Phi) is 3.87. The first kappa shape index (κ1) is 12.8. The molecule has 0 saturated carbocycles. The Morgan fingerprint density at radius 1 is 1.41 bits per heavy atom. The fourth-order valence-corrected chi connectivity index (χ4v) is 1.14. The summed E-state index contributed by atoms with van der Waals surface area (Å²) in [6, 6.07) is 2.60. The lowest BCUT2D eigenvalue weighted by molar-refractivity contribution is -0.130. The van der Waals surface area contributed by atoms with Gasteiger partial charge in [-0.25, -0.2) is 4.79 Å². The highest BCUT2D eigenvalue weighted by Gasteiger charge is 2.18. The van der Waals surface area contributed by atoms with Crippen LogP contribution < -0.4 is 9.47 Å². The summed E-state index contributed by atoms with van der Waals surface area (Å²) in [5.74, 6) is -1.10. The molecular weight excluding hydrogens is 224 g/mol. The van der Waals surface area contributed by atoms with Gasteiger partial charge in [-0.05, 0) is 19.1 Å². The summed E-state index contributed by atoms with van der Waals surface area (Å²) in [6.07, 6.45) is 0.503. The first-order chi connectivity index (χ1) is 8.01. The highest BCUT2D eigenvalue weighted by molar-refractivity contribution is 5.92. The molecular formula is C12H12O5. The zero-order chi connectivity index (χ0) is 13.0. The number of aromatic hydroxyl groups is 1. The van der Waals surface area contributed by atoms with Gasteiger partial charge in [-0.15, -0.1) is 0 Å². The molecule has 0 aromatic heterocycles. The number of hydrogen-bond acceptors (Lipinski definition) is 5. The van der Waals surface area contributed by atoms with Crippen LogP contribution in [0.4, 0.5) is 0 Å². The maximum atomic E-state index is 11.4. The summed E-state index contributed by atoms with van der Waals surface area (Å²) in [7, 11) is 1.29. The third kappa shape index (κ3) is 2.63. The third-order valence-electron chi connectivity index (χ3n) is 2.00. The quantitative estimate of drug-likeness (QED) is 0.373. The van der Waals surface area contributed by atoms with Crippen LogP contribution in [0.5, 0.6) is 17.2 Å². The number of aldehydes is 1. The van der Waals surface area contributed by atoms with Gasteiger partial charge in [0.2, 0.25) is 5.75 Å². The molecule has 0 bridgehead atoms. The second-order valence-electron chi connectivity index (χ2n) is 3.32.